The molecule has 0 aromatic heterocycles. The maximum absolute atomic E-state index is 11.6. The van der Waals surface area contributed by atoms with Gasteiger partial charge < -0.3 is 14.2 Å². The smallest absolute Gasteiger partial charge is 0.332 e. The molecule has 22 heavy (non-hydrogen) atoms. The molecule has 1 aliphatic rings. The third-order valence-electron chi connectivity index (χ3n) is 3.20. The molecular formula is C17H19NO4. The van der Waals surface area contributed by atoms with Crippen molar-refractivity contribution in [2.75, 3.05) is 6.61 Å². The highest BCUT2D eigenvalue weighted by molar-refractivity contribution is 5.88. The first-order valence-corrected chi connectivity index (χ1v) is 7.28. The number of benzene rings is 1. The molecule has 0 unspecified atom stereocenters. The van der Waals surface area contributed by atoms with Crippen molar-refractivity contribution in [1.29, 1.82) is 5.26 Å². The number of hydrogen-bond acceptors (Lipinski definition) is 5. The van der Waals surface area contributed by atoms with E-state index in [0.29, 0.717) is 12.4 Å². The molecule has 1 aliphatic heterocycles. The lowest BCUT2D eigenvalue weighted by Crippen LogP contribution is -2.10. The summed E-state index contributed by atoms with van der Waals surface area (Å²) >= 11 is 0. The summed E-state index contributed by atoms with van der Waals surface area (Å²) in [6, 6.07) is 5.65. The minimum absolute atomic E-state index is 0.144. The van der Waals surface area contributed by atoms with Crippen LogP contribution in [0.1, 0.15) is 31.9 Å². The van der Waals surface area contributed by atoms with Crippen molar-refractivity contribution in [3.05, 3.63) is 29.3 Å². The van der Waals surface area contributed by atoms with E-state index in [2.05, 4.69) is 0 Å². The van der Waals surface area contributed by atoms with Crippen LogP contribution in [0.25, 0.3) is 6.08 Å². The molecule has 1 aromatic carbocycles. The molecule has 116 valence electrons. The first-order chi connectivity index (χ1) is 10.5. The Balaban J connectivity index is 2.21. The minimum atomic E-state index is -0.771. The first kappa shape index (κ1) is 15.9. The van der Waals surface area contributed by atoms with Gasteiger partial charge >= 0.3 is 5.97 Å². The first-order valence-electron chi connectivity index (χ1n) is 7.28. The van der Waals surface area contributed by atoms with Gasteiger partial charge in [-0.3, -0.25) is 0 Å². The molecule has 0 amide bonds. The number of carbonyl (C=O) groups excluding carboxylic acids is 1. The largest absolute Gasteiger partial charge is 0.493 e. The van der Waals surface area contributed by atoms with Gasteiger partial charge in [-0.15, -0.1) is 0 Å². The standard InChI is InChI=1S/C17H19NO4/c1-4-20-15-9-14-7-11(2)21-16(14)8-13(15)5-6-17(19)22-12(3)10-18/h5-6,8-9,11-12H,4,7H2,1-3H3/b6-5+/t11-,12+/m0/s1. The maximum Gasteiger partial charge on any atom is 0.332 e. The predicted octanol–water partition coefficient (Wildman–Crippen LogP) is 2.88. The molecule has 5 heteroatoms. The third kappa shape index (κ3) is 3.79. The Bertz CT molecular complexity index is 630. The lowest BCUT2D eigenvalue weighted by molar-refractivity contribution is -0.139. The Morgan fingerprint density at radius 3 is 3.05 bits per heavy atom. The lowest BCUT2D eigenvalue weighted by atomic mass is 10.1. The number of rotatable bonds is 5. The van der Waals surface area contributed by atoms with E-state index in [9.17, 15) is 4.79 Å². The molecule has 0 saturated heterocycles. The molecule has 0 spiro atoms. The Kier molecular flexibility index (Phi) is 5.05. The number of nitriles is 1. The fraction of sp³-hybridized carbons (Fsp3) is 0.412. The SMILES string of the molecule is CCOc1cc2c(cc1/C=C/C(=O)O[C@H](C)C#N)O[C@@H](C)C2. The fourth-order valence-corrected chi connectivity index (χ4v) is 2.26. The van der Waals surface area contributed by atoms with E-state index in [1.165, 1.54) is 13.0 Å². The van der Waals surface area contributed by atoms with Crippen molar-refractivity contribution in [2.45, 2.75) is 39.4 Å². The van der Waals surface area contributed by atoms with Gasteiger partial charge in [0.2, 0.25) is 0 Å². The summed E-state index contributed by atoms with van der Waals surface area (Å²) in [6.07, 6.45) is 3.12. The van der Waals surface area contributed by atoms with Crippen molar-refractivity contribution in [1.82, 2.24) is 0 Å². The molecule has 0 N–H and O–H groups in total. The lowest BCUT2D eigenvalue weighted by Gasteiger charge is -2.10. The van der Waals surface area contributed by atoms with Crippen LogP contribution < -0.4 is 9.47 Å². The van der Waals surface area contributed by atoms with E-state index in [1.807, 2.05) is 32.0 Å². The molecule has 0 saturated carbocycles. The van der Waals surface area contributed by atoms with E-state index >= 15 is 0 Å². The second-order valence-electron chi connectivity index (χ2n) is 5.10. The second-order valence-corrected chi connectivity index (χ2v) is 5.10. The van der Waals surface area contributed by atoms with Crippen LogP contribution in [-0.4, -0.2) is 24.8 Å². The summed E-state index contributed by atoms with van der Waals surface area (Å²) in [5, 5.41) is 8.63. The summed E-state index contributed by atoms with van der Waals surface area (Å²) in [6.45, 7) is 5.97. The number of carbonyl (C=O) groups is 1. The van der Waals surface area contributed by atoms with Crippen LogP contribution in [0, 0.1) is 11.3 Å². The zero-order valence-corrected chi connectivity index (χ0v) is 13.0. The summed E-state index contributed by atoms with van der Waals surface area (Å²) < 4.78 is 16.2. The minimum Gasteiger partial charge on any atom is -0.493 e. The average molecular weight is 301 g/mol. The molecule has 0 radical (unpaired) electrons. The Labute approximate surface area is 130 Å². The molecule has 0 bridgehead atoms. The van der Waals surface area contributed by atoms with Crippen molar-refractivity contribution in [3.8, 4) is 17.6 Å². The highest BCUT2D eigenvalue weighted by Gasteiger charge is 2.21. The summed E-state index contributed by atoms with van der Waals surface area (Å²) in [5.74, 6) is 0.956. The predicted molar refractivity (Wildman–Crippen MR) is 81.6 cm³/mol. The zero-order chi connectivity index (χ0) is 16.1. The van der Waals surface area contributed by atoms with Gasteiger partial charge in [-0.1, -0.05) is 0 Å². The van der Waals surface area contributed by atoms with Crippen LogP contribution in [0.4, 0.5) is 0 Å². The number of ether oxygens (including phenoxy) is 3. The van der Waals surface area contributed by atoms with Gasteiger partial charge in [-0.2, -0.15) is 5.26 Å². The number of nitrogens with zero attached hydrogens (tertiary/aromatic N) is 1. The van der Waals surface area contributed by atoms with Crippen LogP contribution in [0.2, 0.25) is 0 Å². The molecule has 0 aliphatic carbocycles. The van der Waals surface area contributed by atoms with Gasteiger partial charge in [-0.25, -0.2) is 4.79 Å². The zero-order valence-electron chi connectivity index (χ0n) is 13.0. The van der Waals surface area contributed by atoms with E-state index in [-0.39, 0.29) is 6.10 Å². The molecule has 1 heterocycles. The van der Waals surface area contributed by atoms with Crippen LogP contribution in [0.5, 0.6) is 11.5 Å². The summed E-state index contributed by atoms with van der Waals surface area (Å²) in [5.41, 5.74) is 1.85. The van der Waals surface area contributed by atoms with Gasteiger partial charge in [0.1, 0.15) is 23.7 Å². The highest BCUT2D eigenvalue weighted by atomic mass is 16.5. The molecule has 1 aromatic rings. The molecule has 2 rings (SSSR count). The van der Waals surface area contributed by atoms with Gasteiger partial charge in [0.25, 0.3) is 0 Å². The molecular weight excluding hydrogens is 282 g/mol. The highest BCUT2D eigenvalue weighted by Crippen LogP contribution is 2.35. The fourth-order valence-electron chi connectivity index (χ4n) is 2.26. The molecule has 5 nitrogen and oxygen atoms in total. The average Bonchev–Trinajstić information content (AvgIpc) is 2.84. The number of esters is 1. The van der Waals surface area contributed by atoms with Gasteiger partial charge in [-0.05, 0) is 39.0 Å². The molecule has 2 atom stereocenters. The van der Waals surface area contributed by atoms with E-state index in [1.54, 1.807) is 6.08 Å². The second kappa shape index (κ2) is 6.99. The van der Waals surface area contributed by atoms with Crippen molar-refractivity contribution in [3.63, 3.8) is 0 Å². The quantitative estimate of drug-likeness (QED) is 0.618. The summed E-state index contributed by atoms with van der Waals surface area (Å²) in [7, 11) is 0. The topological polar surface area (TPSA) is 68.5 Å². The number of hydrogen-bond donors (Lipinski definition) is 0. The summed E-state index contributed by atoms with van der Waals surface area (Å²) in [4.78, 5) is 11.6. The molecule has 0 fully saturated rings. The van der Waals surface area contributed by atoms with E-state index in [0.717, 1.165) is 23.3 Å². The number of fused-ring (bicyclic) bond motifs is 1. The van der Waals surface area contributed by atoms with Crippen LogP contribution in [0.3, 0.4) is 0 Å². The van der Waals surface area contributed by atoms with E-state index < -0.39 is 12.1 Å². The Morgan fingerprint density at radius 2 is 2.36 bits per heavy atom. The van der Waals surface area contributed by atoms with Gasteiger partial charge in [0, 0.05) is 23.6 Å². The normalized spacial score (nSPS) is 17.5. The third-order valence-corrected chi connectivity index (χ3v) is 3.20. The monoisotopic (exact) mass is 301 g/mol. The van der Waals surface area contributed by atoms with E-state index in [4.69, 9.17) is 19.5 Å². The Hall–Kier alpha value is -2.48. The maximum atomic E-state index is 11.6. The Morgan fingerprint density at radius 1 is 1.59 bits per heavy atom. The van der Waals surface area contributed by atoms with Crippen LogP contribution in [0.15, 0.2) is 18.2 Å². The van der Waals surface area contributed by atoms with Crippen LogP contribution in [-0.2, 0) is 16.0 Å². The van der Waals surface area contributed by atoms with Crippen molar-refractivity contribution < 1.29 is 19.0 Å². The van der Waals surface area contributed by atoms with Gasteiger partial charge in [0.15, 0.2) is 6.10 Å². The van der Waals surface area contributed by atoms with Gasteiger partial charge in [0.05, 0.1) is 6.61 Å². The van der Waals surface area contributed by atoms with Crippen molar-refractivity contribution >= 4 is 12.0 Å². The van der Waals surface area contributed by atoms with Crippen LogP contribution >= 0.6 is 0 Å². The van der Waals surface area contributed by atoms with Crippen molar-refractivity contribution in [2.24, 2.45) is 0 Å².